The summed E-state index contributed by atoms with van der Waals surface area (Å²) in [5.74, 6) is -0.521. The van der Waals surface area contributed by atoms with Gasteiger partial charge in [-0.25, -0.2) is 0 Å². The van der Waals surface area contributed by atoms with Gasteiger partial charge in [0.25, 0.3) is 5.91 Å². The Bertz CT molecular complexity index is 792. The Labute approximate surface area is 159 Å². The molecule has 2 aromatic carbocycles. The van der Waals surface area contributed by atoms with Crippen molar-refractivity contribution < 1.29 is 14.3 Å². The lowest BCUT2D eigenvalue weighted by Gasteiger charge is -2.40. The van der Waals surface area contributed by atoms with E-state index in [1.807, 2.05) is 36.4 Å². The summed E-state index contributed by atoms with van der Waals surface area (Å²) in [6, 6.07) is 18.6. The van der Waals surface area contributed by atoms with Crippen LogP contribution in [0.2, 0.25) is 0 Å². The maximum Gasteiger partial charge on any atom is 0.261 e. The van der Waals surface area contributed by atoms with Gasteiger partial charge in [0, 0.05) is 12.1 Å². The molecular weight excluding hydrogens is 340 g/mol. The first-order valence-corrected chi connectivity index (χ1v) is 9.01. The van der Waals surface area contributed by atoms with E-state index in [0.29, 0.717) is 25.1 Å². The molecule has 0 saturated carbocycles. The number of allylic oxidation sites excluding steroid dienone is 1. The molecule has 27 heavy (non-hydrogen) atoms. The molecule has 1 aliphatic heterocycles. The van der Waals surface area contributed by atoms with Crippen LogP contribution in [0.25, 0.3) is 0 Å². The first-order chi connectivity index (χ1) is 13.2. The molecule has 0 radical (unpaired) electrons. The maximum absolute atomic E-state index is 13.2. The SMILES string of the molecule is C=CC[C@]1(COCc2ccccc2)CNCN(C(=O)c2ccccc2)C1=O. The van der Waals surface area contributed by atoms with Crippen LogP contribution in [-0.4, -0.2) is 36.5 Å². The number of benzene rings is 2. The van der Waals surface area contributed by atoms with Crippen LogP contribution >= 0.6 is 0 Å². The fourth-order valence-corrected chi connectivity index (χ4v) is 3.29. The smallest absolute Gasteiger partial charge is 0.261 e. The van der Waals surface area contributed by atoms with Crippen LogP contribution in [0.15, 0.2) is 73.3 Å². The van der Waals surface area contributed by atoms with Gasteiger partial charge in [0.05, 0.1) is 25.3 Å². The summed E-state index contributed by atoms with van der Waals surface area (Å²) < 4.78 is 5.87. The molecule has 5 nitrogen and oxygen atoms in total. The third-order valence-corrected chi connectivity index (χ3v) is 4.72. The summed E-state index contributed by atoms with van der Waals surface area (Å²) in [6.07, 6.45) is 2.15. The van der Waals surface area contributed by atoms with Gasteiger partial charge in [-0.05, 0) is 24.1 Å². The highest BCUT2D eigenvalue weighted by atomic mass is 16.5. The van der Waals surface area contributed by atoms with Gasteiger partial charge < -0.3 is 4.74 Å². The van der Waals surface area contributed by atoms with Gasteiger partial charge in [-0.3, -0.25) is 19.8 Å². The van der Waals surface area contributed by atoms with Crippen LogP contribution in [0.5, 0.6) is 0 Å². The lowest BCUT2D eigenvalue weighted by Crippen LogP contribution is -2.61. The topological polar surface area (TPSA) is 58.6 Å². The standard InChI is InChI=1S/C22H24N2O3/c1-2-13-22(16-27-14-18-9-5-3-6-10-18)15-23-17-24(21(22)26)20(25)19-11-7-4-8-12-19/h2-12,23H,1,13-17H2/t22-/m1/s1. The number of hydrogen-bond donors (Lipinski definition) is 1. The number of amides is 2. The fourth-order valence-electron chi connectivity index (χ4n) is 3.29. The summed E-state index contributed by atoms with van der Waals surface area (Å²) >= 11 is 0. The third-order valence-electron chi connectivity index (χ3n) is 4.72. The van der Waals surface area contributed by atoms with Gasteiger partial charge in [-0.15, -0.1) is 6.58 Å². The summed E-state index contributed by atoms with van der Waals surface area (Å²) in [5, 5.41) is 3.20. The molecule has 0 aromatic heterocycles. The van der Waals surface area contributed by atoms with Crippen molar-refractivity contribution in [2.75, 3.05) is 19.8 Å². The summed E-state index contributed by atoms with van der Waals surface area (Å²) in [4.78, 5) is 27.3. The van der Waals surface area contributed by atoms with Crippen LogP contribution in [0.4, 0.5) is 0 Å². The number of imide groups is 1. The molecule has 0 unspecified atom stereocenters. The molecule has 2 amide bonds. The van der Waals surface area contributed by atoms with Crippen LogP contribution in [0, 0.1) is 5.41 Å². The Morgan fingerprint density at radius 1 is 1.15 bits per heavy atom. The second-order valence-electron chi connectivity index (χ2n) is 6.74. The second-order valence-corrected chi connectivity index (χ2v) is 6.74. The predicted molar refractivity (Wildman–Crippen MR) is 104 cm³/mol. The van der Waals surface area contributed by atoms with Crippen molar-refractivity contribution in [1.29, 1.82) is 0 Å². The lowest BCUT2D eigenvalue weighted by atomic mass is 9.82. The van der Waals surface area contributed by atoms with E-state index >= 15 is 0 Å². The molecule has 2 aromatic rings. The van der Waals surface area contributed by atoms with E-state index in [2.05, 4.69) is 11.9 Å². The molecule has 1 atom stereocenters. The highest BCUT2D eigenvalue weighted by molar-refractivity contribution is 6.06. The number of carbonyl (C=O) groups is 2. The highest BCUT2D eigenvalue weighted by Gasteiger charge is 2.45. The van der Waals surface area contributed by atoms with Gasteiger partial charge in [-0.2, -0.15) is 0 Å². The van der Waals surface area contributed by atoms with Crippen molar-refractivity contribution >= 4 is 11.8 Å². The minimum Gasteiger partial charge on any atom is -0.376 e. The highest BCUT2D eigenvalue weighted by Crippen LogP contribution is 2.29. The molecule has 1 aliphatic rings. The van der Waals surface area contributed by atoms with Crippen molar-refractivity contribution in [3.05, 3.63) is 84.4 Å². The Morgan fingerprint density at radius 2 is 1.81 bits per heavy atom. The van der Waals surface area contributed by atoms with E-state index in [1.54, 1.807) is 30.3 Å². The average molecular weight is 364 g/mol. The molecule has 5 heteroatoms. The Balaban J connectivity index is 1.74. The first-order valence-electron chi connectivity index (χ1n) is 9.01. The van der Waals surface area contributed by atoms with E-state index in [0.717, 1.165) is 5.56 Å². The van der Waals surface area contributed by atoms with Crippen LogP contribution in [-0.2, 0) is 16.1 Å². The minimum atomic E-state index is -0.834. The monoisotopic (exact) mass is 364 g/mol. The zero-order valence-corrected chi connectivity index (χ0v) is 15.3. The molecule has 3 rings (SSSR count). The molecular formula is C22H24N2O3. The predicted octanol–water partition coefficient (Wildman–Crippen LogP) is 3.00. The average Bonchev–Trinajstić information content (AvgIpc) is 2.71. The Kier molecular flexibility index (Phi) is 6.16. The van der Waals surface area contributed by atoms with Crippen LogP contribution < -0.4 is 5.32 Å². The van der Waals surface area contributed by atoms with Crippen molar-refractivity contribution in [3.63, 3.8) is 0 Å². The van der Waals surface area contributed by atoms with E-state index in [9.17, 15) is 9.59 Å². The van der Waals surface area contributed by atoms with Gasteiger partial charge in [0.2, 0.25) is 5.91 Å². The molecule has 1 saturated heterocycles. The molecule has 1 heterocycles. The van der Waals surface area contributed by atoms with Crippen LogP contribution in [0.3, 0.4) is 0 Å². The number of nitrogens with zero attached hydrogens (tertiary/aromatic N) is 1. The zero-order chi connectivity index (χ0) is 19.1. The molecule has 0 spiro atoms. The molecule has 1 fully saturated rings. The quantitative estimate of drug-likeness (QED) is 0.606. The Morgan fingerprint density at radius 3 is 2.48 bits per heavy atom. The summed E-state index contributed by atoms with van der Waals surface area (Å²) in [7, 11) is 0. The third kappa shape index (κ3) is 4.32. The summed E-state index contributed by atoms with van der Waals surface area (Å²) in [5.41, 5.74) is 0.700. The molecule has 0 aliphatic carbocycles. The molecule has 140 valence electrons. The largest absolute Gasteiger partial charge is 0.376 e. The van der Waals surface area contributed by atoms with E-state index < -0.39 is 5.41 Å². The normalized spacial score (nSPS) is 19.7. The lowest BCUT2D eigenvalue weighted by molar-refractivity contribution is -0.147. The van der Waals surface area contributed by atoms with E-state index in [4.69, 9.17) is 4.74 Å². The molecule has 0 bridgehead atoms. The van der Waals surface area contributed by atoms with Crippen molar-refractivity contribution in [2.45, 2.75) is 13.0 Å². The fraction of sp³-hybridized carbons (Fsp3) is 0.273. The van der Waals surface area contributed by atoms with Crippen molar-refractivity contribution in [3.8, 4) is 0 Å². The minimum absolute atomic E-state index is 0.199. The first kappa shape index (κ1) is 19.0. The number of carbonyl (C=O) groups excluding carboxylic acids is 2. The second kappa shape index (κ2) is 8.75. The van der Waals surface area contributed by atoms with Gasteiger partial charge in [-0.1, -0.05) is 54.6 Å². The van der Waals surface area contributed by atoms with Gasteiger partial charge in [0.15, 0.2) is 0 Å². The maximum atomic E-state index is 13.2. The number of rotatable bonds is 7. The van der Waals surface area contributed by atoms with Crippen molar-refractivity contribution in [2.24, 2.45) is 5.41 Å². The van der Waals surface area contributed by atoms with Gasteiger partial charge in [0.1, 0.15) is 0 Å². The van der Waals surface area contributed by atoms with Crippen molar-refractivity contribution in [1.82, 2.24) is 10.2 Å². The number of hydrogen-bond acceptors (Lipinski definition) is 4. The summed E-state index contributed by atoms with van der Waals surface area (Å²) in [6.45, 7) is 5.07. The van der Waals surface area contributed by atoms with Gasteiger partial charge >= 0.3 is 0 Å². The number of ether oxygens (including phenoxy) is 1. The van der Waals surface area contributed by atoms with E-state index in [1.165, 1.54) is 4.90 Å². The zero-order valence-electron chi connectivity index (χ0n) is 15.3. The Hall–Kier alpha value is -2.76. The van der Waals surface area contributed by atoms with Crippen LogP contribution in [0.1, 0.15) is 22.3 Å². The molecule has 1 N–H and O–H groups in total. The van der Waals surface area contributed by atoms with E-state index in [-0.39, 0.29) is 25.1 Å². The number of nitrogens with one attached hydrogen (secondary N) is 1.